The maximum atomic E-state index is 12.2. The fourth-order valence-corrected chi connectivity index (χ4v) is 2.56. The molecule has 24 heavy (non-hydrogen) atoms. The number of ether oxygens (including phenoxy) is 2. The highest BCUT2D eigenvalue weighted by Gasteiger charge is 2.38. The molecule has 0 aliphatic carbocycles. The normalized spacial score (nSPS) is 16.3. The van der Waals surface area contributed by atoms with Crippen LogP contribution in [0.2, 0.25) is 0 Å². The molecule has 2 aromatic heterocycles. The second kappa shape index (κ2) is 6.17. The van der Waals surface area contributed by atoms with Crippen molar-refractivity contribution < 1.29 is 23.8 Å². The van der Waals surface area contributed by atoms with Crippen LogP contribution in [0.3, 0.4) is 0 Å². The minimum Gasteiger partial charge on any atom is -0.465 e. The molecule has 2 aromatic rings. The highest BCUT2D eigenvalue weighted by atomic mass is 16.5. The van der Waals surface area contributed by atoms with Gasteiger partial charge in [0.1, 0.15) is 17.9 Å². The molecule has 1 aliphatic heterocycles. The first-order valence-electron chi connectivity index (χ1n) is 7.00. The standard InChI is InChI=1S/C16H14N2O6/c1-22-16(21)12-11(8-2-4-18-5-3-8)14-13(24-15(12)17)10(20)6-9(7-19)23-14/h2-6,11,19H,7,17H2,1H3/t11-/m0/s1. The summed E-state index contributed by atoms with van der Waals surface area (Å²) in [6.07, 6.45) is 3.06. The highest BCUT2D eigenvalue weighted by Crippen LogP contribution is 2.41. The van der Waals surface area contributed by atoms with Crippen molar-refractivity contribution in [3.05, 3.63) is 69.4 Å². The topological polar surface area (TPSA) is 125 Å². The van der Waals surface area contributed by atoms with Crippen LogP contribution in [0.1, 0.15) is 23.0 Å². The largest absolute Gasteiger partial charge is 0.465 e. The van der Waals surface area contributed by atoms with E-state index < -0.39 is 23.9 Å². The summed E-state index contributed by atoms with van der Waals surface area (Å²) in [5.41, 5.74) is 5.96. The molecule has 0 unspecified atom stereocenters. The van der Waals surface area contributed by atoms with E-state index in [-0.39, 0.29) is 28.7 Å². The van der Waals surface area contributed by atoms with Gasteiger partial charge in [0, 0.05) is 18.5 Å². The van der Waals surface area contributed by atoms with Gasteiger partial charge in [-0.3, -0.25) is 9.78 Å². The van der Waals surface area contributed by atoms with Gasteiger partial charge in [-0.05, 0) is 17.7 Å². The van der Waals surface area contributed by atoms with Crippen LogP contribution in [0.5, 0.6) is 5.75 Å². The van der Waals surface area contributed by atoms with Crippen LogP contribution in [0.15, 0.2) is 51.3 Å². The second-order valence-corrected chi connectivity index (χ2v) is 5.01. The van der Waals surface area contributed by atoms with E-state index >= 15 is 0 Å². The predicted molar refractivity (Wildman–Crippen MR) is 80.8 cm³/mol. The molecular formula is C16H14N2O6. The molecule has 1 aliphatic rings. The van der Waals surface area contributed by atoms with Crippen molar-refractivity contribution in [3.8, 4) is 5.75 Å². The van der Waals surface area contributed by atoms with Gasteiger partial charge >= 0.3 is 5.97 Å². The van der Waals surface area contributed by atoms with Gasteiger partial charge in [0.25, 0.3) is 0 Å². The molecular weight excluding hydrogens is 316 g/mol. The fraction of sp³-hybridized carbons (Fsp3) is 0.188. The third-order valence-corrected chi connectivity index (χ3v) is 3.61. The minimum atomic E-state index is -0.816. The number of carbonyl (C=O) groups excluding carboxylic acids is 1. The molecule has 0 spiro atoms. The summed E-state index contributed by atoms with van der Waals surface area (Å²) in [6, 6.07) is 4.42. The smallest absolute Gasteiger partial charge is 0.340 e. The molecule has 0 amide bonds. The van der Waals surface area contributed by atoms with Gasteiger partial charge < -0.3 is 24.7 Å². The Labute approximate surface area is 136 Å². The molecule has 0 aromatic carbocycles. The Morgan fingerprint density at radius 1 is 1.42 bits per heavy atom. The van der Waals surface area contributed by atoms with Crippen molar-refractivity contribution in [2.45, 2.75) is 12.5 Å². The molecule has 0 bridgehead atoms. The van der Waals surface area contributed by atoms with Gasteiger partial charge in [-0.2, -0.15) is 0 Å². The lowest BCUT2D eigenvalue weighted by Gasteiger charge is -2.26. The number of aliphatic hydroxyl groups is 1. The van der Waals surface area contributed by atoms with E-state index in [9.17, 15) is 14.7 Å². The lowest BCUT2D eigenvalue weighted by molar-refractivity contribution is -0.136. The molecule has 0 saturated carbocycles. The van der Waals surface area contributed by atoms with Crippen LogP contribution in [-0.2, 0) is 16.1 Å². The zero-order chi connectivity index (χ0) is 17.3. The van der Waals surface area contributed by atoms with E-state index in [0.29, 0.717) is 5.56 Å². The Balaban J connectivity index is 2.30. The summed E-state index contributed by atoms with van der Waals surface area (Å²) in [5.74, 6) is -1.77. The zero-order valence-electron chi connectivity index (χ0n) is 12.7. The number of hydrogen-bond donors (Lipinski definition) is 2. The van der Waals surface area contributed by atoms with E-state index in [4.69, 9.17) is 19.6 Å². The Bertz CT molecular complexity index is 872. The van der Waals surface area contributed by atoms with Crippen LogP contribution in [0.4, 0.5) is 0 Å². The van der Waals surface area contributed by atoms with Gasteiger partial charge in [0.2, 0.25) is 17.1 Å². The Morgan fingerprint density at radius 2 is 2.12 bits per heavy atom. The van der Waals surface area contributed by atoms with Crippen LogP contribution < -0.4 is 15.9 Å². The van der Waals surface area contributed by atoms with E-state index in [1.807, 2.05) is 0 Å². The monoisotopic (exact) mass is 330 g/mol. The molecule has 3 N–H and O–H groups in total. The number of pyridine rings is 1. The summed E-state index contributed by atoms with van der Waals surface area (Å²) in [5, 5.41) is 9.28. The van der Waals surface area contributed by atoms with Crippen molar-refractivity contribution in [1.82, 2.24) is 4.98 Å². The average molecular weight is 330 g/mol. The number of rotatable bonds is 3. The van der Waals surface area contributed by atoms with Crippen LogP contribution >= 0.6 is 0 Å². The third kappa shape index (κ3) is 2.52. The van der Waals surface area contributed by atoms with E-state index in [2.05, 4.69) is 4.98 Å². The average Bonchev–Trinajstić information content (AvgIpc) is 2.61. The first kappa shape index (κ1) is 15.8. The van der Waals surface area contributed by atoms with Crippen molar-refractivity contribution in [1.29, 1.82) is 0 Å². The van der Waals surface area contributed by atoms with Crippen molar-refractivity contribution in [3.63, 3.8) is 0 Å². The molecule has 0 radical (unpaired) electrons. The Hall–Kier alpha value is -3.13. The quantitative estimate of drug-likeness (QED) is 0.775. The maximum Gasteiger partial charge on any atom is 0.340 e. The van der Waals surface area contributed by atoms with Gasteiger partial charge in [0.05, 0.1) is 13.0 Å². The number of nitrogens with zero attached hydrogens (tertiary/aromatic N) is 1. The summed E-state index contributed by atoms with van der Waals surface area (Å²) < 4.78 is 15.7. The predicted octanol–water partition coefficient (Wildman–Crippen LogP) is 0.395. The molecule has 124 valence electrons. The number of methoxy groups -OCH3 is 1. The van der Waals surface area contributed by atoms with E-state index in [0.717, 1.165) is 6.07 Å². The maximum absolute atomic E-state index is 12.2. The summed E-state index contributed by atoms with van der Waals surface area (Å²) >= 11 is 0. The molecule has 8 nitrogen and oxygen atoms in total. The van der Waals surface area contributed by atoms with E-state index in [1.165, 1.54) is 19.5 Å². The third-order valence-electron chi connectivity index (χ3n) is 3.61. The first-order chi connectivity index (χ1) is 11.6. The molecule has 1 atom stereocenters. The molecule has 3 heterocycles. The van der Waals surface area contributed by atoms with Gasteiger partial charge in [0.15, 0.2) is 5.76 Å². The van der Waals surface area contributed by atoms with Crippen molar-refractivity contribution in [2.75, 3.05) is 7.11 Å². The molecule has 8 heteroatoms. The number of esters is 1. The summed E-state index contributed by atoms with van der Waals surface area (Å²) in [4.78, 5) is 28.3. The first-order valence-corrected chi connectivity index (χ1v) is 7.00. The number of carbonyl (C=O) groups is 1. The lowest BCUT2D eigenvalue weighted by atomic mass is 9.87. The minimum absolute atomic E-state index is 0.00874. The number of fused-ring (bicyclic) bond motifs is 1. The van der Waals surface area contributed by atoms with Crippen molar-refractivity contribution in [2.24, 2.45) is 5.73 Å². The summed E-state index contributed by atoms with van der Waals surface area (Å²) in [7, 11) is 1.21. The lowest BCUT2D eigenvalue weighted by Crippen LogP contribution is -2.29. The highest BCUT2D eigenvalue weighted by molar-refractivity contribution is 5.92. The SMILES string of the molecule is COC(=O)C1=C(N)Oc2c(oc(CO)cc2=O)[C@H]1c1ccncc1. The Kier molecular flexibility index (Phi) is 4.05. The summed E-state index contributed by atoms with van der Waals surface area (Å²) in [6.45, 7) is -0.474. The van der Waals surface area contributed by atoms with Gasteiger partial charge in [-0.15, -0.1) is 0 Å². The van der Waals surface area contributed by atoms with Crippen LogP contribution in [0.25, 0.3) is 0 Å². The Morgan fingerprint density at radius 3 is 2.75 bits per heavy atom. The number of nitrogens with two attached hydrogens (primary N) is 1. The molecule has 0 saturated heterocycles. The van der Waals surface area contributed by atoms with Gasteiger partial charge in [-0.25, -0.2) is 4.79 Å². The number of aromatic nitrogens is 1. The second-order valence-electron chi connectivity index (χ2n) is 5.01. The van der Waals surface area contributed by atoms with Crippen molar-refractivity contribution >= 4 is 5.97 Å². The van der Waals surface area contributed by atoms with Crippen LogP contribution in [0, 0.1) is 0 Å². The molecule has 0 fully saturated rings. The number of aliphatic hydroxyl groups excluding tert-OH is 1. The molecule has 3 rings (SSSR count). The number of hydrogen-bond acceptors (Lipinski definition) is 8. The fourth-order valence-electron chi connectivity index (χ4n) is 2.56. The van der Waals surface area contributed by atoms with Crippen LogP contribution in [-0.4, -0.2) is 23.2 Å². The van der Waals surface area contributed by atoms with E-state index in [1.54, 1.807) is 12.1 Å². The zero-order valence-corrected chi connectivity index (χ0v) is 12.7. The van der Waals surface area contributed by atoms with Gasteiger partial charge in [-0.1, -0.05) is 0 Å².